The Balaban J connectivity index is 1.49. The number of benzene rings is 3. The van der Waals surface area contributed by atoms with Gasteiger partial charge >= 0.3 is 6.09 Å². The molecule has 0 heterocycles. The van der Waals surface area contributed by atoms with Gasteiger partial charge in [-0.3, -0.25) is 10.2 Å². The van der Waals surface area contributed by atoms with Gasteiger partial charge in [-0.2, -0.15) is 0 Å². The molecule has 0 aromatic heterocycles. The van der Waals surface area contributed by atoms with Gasteiger partial charge in [-0.15, -0.1) is 0 Å². The lowest BCUT2D eigenvalue weighted by atomic mass is 9.99. The minimum Gasteiger partial charge on any atom is -0.491 e. The summed E-state index contributed by atoms with van der Waals surface area (Å²) in [6.45, 7) is 1.51. The number of ether oxygens (including phenoxy) is 2. The summed E-state index contributed by atoms with van der Waals surface area (Å²) in [6, 6.07) is 26.3. The van der Waals surface area contributed by atoms with Crippen molar-refractivity contribution >= 4 is 11.8 Å². The van der Waals surface area contributed by atoms with E-state index in [1.54, 1.807) is 0 Å². The van der Waals surface area contributed by atoms with Crippen molar-refractivity contribution in [3.05, 3.63) is 95.6 Å². The fourth-order valence-corrected chi connectivity index (χ4v) is 4.70. The molecule has 0 aliphatic heterocycles. The van der Waals surface area contributed by atoms with Crippen LogP contribution in [0.5, 0.6) is 5.75 Å². The Kier molecular flexibility index (Phi) is 8.76. The number of aryl methyl sites for hydroxylation is 1. The number of hydrogen-bond acceptors (Lipinski definition) is 5. The molecule has 0 spiro atoms. The van der Waals surface area contributed by atoms with Crippen molar-refractivity contribution < 1.29 is 19.4 Å². The minimum absolute atomic E-state index is 0.242. The van der Waals surface area contributed by atoms with Crippen molar-refractivity contribution in [1.82, 2.24) is 4.90 Å². The number of aliphatic hydroxyl groups is 1. The van der Waals surface area contributed by atoms with Crippen LogP contribution in [0, 0.1) is 0 Å². The molecule has 3 aromatic rings. The van der Waals surface area contributed by atoms with Crippen molar-refractivity contribution in [3.63, 3.8) is 0 Å². The zero-order chi connectivity index (χ0) is 24.5. The fourth-order valence-electron chi connectivity index (χ4n) is 4.70. The monoisotopic (exact) mass is 474 g/mol. The molecular formula is C29H34N2O4. The lowest BCUT2D eigenvalue weighted by Crippen LogP contribution is -2.42. The quantitative estimate of drug-likeness (QED) is 0.425. The molecule has 1 aliphatic rings. The summed E-state index contributed by atoms with van der Waals surface area (Å²) in [5.74, 6) is 0.759. The van der Waals surface area contributed by atoms with E-state index in [9.17, 15) is 9.90 Å². The first-order valence-electron chi connectivity index (χ1n) is 12.2. The second-order valence-corrected chi connectivity index (χ2v) is 9.04. The lowest BCUT2D eigenvalue weighted by Gasteiger charge is -2.33. The van der Waals surface area contributed by atoms with E-state index in [2.05, 4.69) is 46.6 Å². The molecule has 0 radical (unpaired) electrons. The number of anilines is 1. The molecule has 0 saturated heterocycles. The van der Waals surface area contributed by atoms with Crippen LogP contribution in [0.3, 0.4) is 0 Å². The Morgan fingerprint density at radius 2 is 1.80 bits per heavy atom. The first kappa shape index (κ1) is 24.8. The fraction of sp³-hybridized carbons (Fsp3) is 0.345. The lowest BCUT2D eigenvalue weighted by molar-refractivity contribution is 0.0463. The van der Waals surface area contributed by atoms with Crippen LogP contribution < -0.4 is 10.1 Å². The summed E-state index contributed by atoms with van der Waals surface area (Å²) in [5, 5.41) is 13.7. The molecule has 1 amide bonds. The van der Waals surface area contributed by atoms with Gasteiger partial charge in [0.05, 0.1) is 7.11 Å². The smallest absolute Gasteiger partial charge is 0.411 e. The van der Waals surface area contributed by atoms with E-state index in [0.717, 1.165) is 43.7 Å². The summed E-state index contributed by atoms with van der Waals surface area (Å²) < 4.78 is 10.6. The second-order valence-electron chi connectivity index (χ2n) is 9.04. The van der Waals surface area contributed by atoms with Gasteiger partial charge < -0.3 is 14.6 Å². The van der Waals surface area contributed by atoms with Crippen LogP contribution in [0.1, 0.15) is 29.5 Å². The number of fused-ring (bicyclic) bond motifs is 1. The number of rotatable bonds is 9. The number of methoxy groups -OCH3 is 1. The van der Waals surface area contributed by atoms with Crippen molar-refractivity contribution in [2.24, 2.45) is 0 Å². The average Bonchev–Trinajstić information content (AvgIpc) is 3.10. The Morgan fingerprint density at radius 3 is 2.54 bits per heavy atom. The predicted octanol–water partition coefficient (Wildman–Crippen LogP) is 5.05. The zero-order valence-corrected chi connectivity index (χ0v) is 20.2. The Labute approximate surface area is 207 Å². The summed E-state index contributed by atoms with van der Waals surface area (Å²) >= 11 is 0. The molecule has 35 heavy (non-hydrogen) atoms. The molecule has 1 unspecified atom stereocenters. The number of nitrogens with one attached hydrogen (secondary N) is 1. The number of carbonyl (C=O) groups excluding carboxylic acids is 1. The van der Waals surface area contributed by atoms with E-state index in [-0.39, 0.29) is 12.6 Å². The molecule has 6 heteroatoms. The van der Waals surface area contributed by atoms with Crippen LogP contribution in [0.4, 0.5) is 10.5 Å². The van der Waals surface area contributed by atoms with Crippen LogP contribution in [0.25, 0.3) is 0 Å². The number of para-hydroxylation sites is 1. The first-order valence-corrected chi connectivity index (χ1v) is 12.2. The number of aliphatic hydroxyl groups excluding tert-OH is 1. The van der Waals surface area contributed by atoms with Crippen molar-refractivity contribution in [2.45, 2.75) is 44.4 Å². The minimum atomic E-state index is -0.617. The number of hydrogen-bond donors (Lipinski definition) is 2. The van der Waals surface area contributed by atoms with E-state index in [1.165, 1.54) is 23.8 Å². The average molecular weight is 475 g/mol. The number of nitrogens with zero attached hydrogens (tertiary/aromatic N) is 1. The van der Waals surface area contributed by atoms with Gasteiger partial charge in [-0.25, -0.2) is 4.79 Å². The second kappa shape index (κ2) is 12.4. The Bertz CT molecular complexity index is 1070. The molecule has 2 atom stereocenters. The third-order valence-electron chi connectivity index (χ3n) is 6.45. The van der Waals surface area contributed by atoms with E-state index >= 15 is 0 Å². The van der Waals surface area contributed by atoms with E-state index in [0.29, 0.717) is 6.54 Å². The largest absolute Gasteiger partial charge is 0.491 e. The van der Waals surface area contributed by atoms with Gasteiger partial charge in [0.15, 0.2) is 0 Å². The van der Waals surface area contributed by atoms with Crippen LogP contribution in [0.2, 0.25) is 0 Å². The van der Waals surface area contributed by atoms with Crippen LogP contribution >= 0.6 is 0 Å². The topological polar surface area (TPSA) is 71.0 Å². The van der Waals surface area contributed by atoms with Gasteiger partial charge in [0, 0.05) is 24.8 Å². The molecule has 184 valence electrons. The van der Waals surface area contributed by atoms with Crippen molar-refractivity contribution in [1.29, 1.82) is 0 Å². The highest BCUT2D eigenvalue weighted by atomic mass is 16.5. The summed E-state index contributed by atoms with van der Waals surface area (Å²) in [7, 11) is 1.36. The molecule has 6 nitrogen and oxygen atoms in total. The molecular weight excluding hydrogens is 440 g/mol. The van der Waals surface area contributed by atoms with Crippen LogP contribution in [0.15, 0.2) is 78.9 Å². The summed E-state index contributed by atoms with van der Waals surface area (Å²) in [4.78, 5) is 14.1. The maximum atomic E-state index is 11.7. The summed E-state index contributed by atoms with van der Waals surface area (Å²) in [6.07, 6.45) is 2.88. The van der Waals surface area contributed by atoms with Crippen molar-refractivity contribution in [3.8, 4) is 5.75 Å². The van der Waals surface area contributed by atoms with Gasteiger partial charge in [-0.05, 0) is 66.6 Å². The predicted molar refractivity (Wildman–Crippen MR) is 138 cm³/mol. The standard InChI is InChI=1S/C29H34N2O4/c1-34-29(33)30-25-16-15-23-11-8-12-26(18-24(23)17-25)31(19-22-9-4-2-5-10-22)20-27(32)21-35-28-13-6-3-7-14-28/h2-7,9-10,13-17,26-27,32H,8,11-12,18-21H2,1H3,(H,30,33)/t26?,27-/m0/s1. The molecule has 0 saturated carbocycles. The maximum Gasteiger partial charge on any atom is 0.411 e. The van der Waals surface area contributed by atoms with E-state index in [1.807, 2.05) is 42.5 Å². The highest BCUT2D eigenvalue weighted by molar-refractivity contribution is 5.84. The van der Waals surface area contributed by atoms with Gasteiger partial charge in [0.25, 0.3) is 0 Å². The third-order valence-corrected chi connectivity index (χ3v) is 6.45. The van der Waals surface area contributed by atoms with Gasteiger partial charge in [-0.1, -0.05) is 54.6 Å². The normalized spacial score (nSPS) is 16.1. The van der Waals surface area contributed by atoms with Crippen LogP contribution in [-0.2, 0) is 24.1 Å². The maximum absolute atomic E-state index is 11.7. The van der Waals surface area contributed by atoms with E-state index < -0.39 is 12.2 Å². The van der Waals surface area contributed by atoms with Gasteiger partial charge in [0.2, 0.25) is 0 Å². The first-order chi connectivity index (χ1) is 17.1. The highest BCUT2D eigenvalue weighted by Crippen LogP contribution is 2.27. The molecule has 3 aromatic carbocycles. The Hall–Kier alpha value is -3.35. The van der Waals surface area contributed by atoms with Gasteiger partial charge in [0.1, 0.15) is 18.5 Å². The SMILES string of the molecule is COC(=O)Nc1ccc2c(c1)CC(N(Cc1ccccc1)C[C@H](O)COc1ccccc1)CCC2. The molecule has 4 rings (SSSR count). The highest BCUT2D eigenvalue weighted by Gasteiger charge is 2.25. The third kappa shape index (κ3) is 7.31. The molecule has 0 fully saturated rings. The zero-order valence-electron chi connectivity index (χ0n) is 20.2. The Morgan fingerprint density at radius 1 is 1.06 bits per heavy atom. The summed E-state index contributed by atoms with van der Waals surface area (Å²) in [5.41, 5.74) is 4.50. The number of amides is 1. The van der Waals surface area contributed by atoms with Crippen LogP contribution in [-0.4, -0.2) is 48.5 Å². The van der Waals surface area contributed by atoms with Crippen molar-refractivity contribution in [2.75, 3.05) is 25.6 Å². The molecule has 1 aliphatic carbocycles. The molecule has 2 N–H and O–H groups in total. The molecule has 0 bridgehead atoms. The number of carbonyl (C=O) groups is 1. The van der Waals surface area contributed by atoms with E-state index in [4.69, 9.17) is 9.47 Å².